The van der Waals surface area contributed by atoms with Crippen LogP contribution >= 0.6 is 0 Å². The topological polar surface area (TPSA) is 132 Å². The van der Waals surface area contributed by atoms with E-state index in [4.69, 9.17) is 14.2 Å². The highest BCUT2D eigenvalue weighted by Gasteiger charge is 2.31. The molecule has 3 amide bonds. The van der Waals surface area contributed by atoms with Gasteiger partial charge in [0.15, 0.2) is 0 Å². The summed E-state index contributed by atoms with van der Waals surface area (Å²) in [6.07, 6.45) is 0.532. The molecule has 1 aliphatic carbocycles. The Hall–Kier alpha value is -4.08. The molecule has 43 heavy (non-hydrogen) atoms. The predicted molar refractivity (Wildman–Crippen MR) is 163 cm³/mol. The zero-order valence-electron chi connectivity index (χ0n) is 26.0. The lowest BCUT2D eigenvalue weighted by atomic mass is 9.98. The second kappa shape index (κ2) is 15.4. The van der Waals surface area contributed by atoms with Crippen molar-refractivity contribution in [1.82, 2.24) is 16.0 Å². The third-order valence-electron chi connectivity index (χ3n) is 7.05. The van der Waals surface area contributed by atoms with Crippen LogP contribution in [0.4, 0.5) is 9.59 Å². The lowest BCUT2D eigenvalue weighted by molar-refractivity contribution is -0.145. The van der Waals surface area contributed by atoms with Crippen molar-refractivity contribution >= 4 is 24.1 Å². The summed E-state index contributed by atoms with van der Waals surface area (Å²) in [5.74, 6) is -1.11. The van der Waals surface area contributed by atoms with Gasteiger partial charge in [0.2, 0.25) is 5.91 Å². The lowest BCUT2D eigenvalue weighted by Gasteiger charge is -2.24. The fourth-order valence-electron chi connectivity index (χ4n) is 5.13. The summed E-state index contributed by atoms with van der Waals surface area (Å²) in [6.45, 7) is 9.71. The van der Waals surface area contributed by atoms with Crippen molar-refractivity contribution in [3.63, 3.8) is 0 Å². The number of benzene rings is 2. The average molecular weight is 596 g/mol. The number of hydrogen-bond donors (Lipinski definition) is 3. The van der Waals surface area contributed by atoms with Crippen LogP contribution in [0.1, 0.15) is 77.3 Å². The molecule has 0 spiro atoms. The van der Waals surface area contributed by atoms with Crippen LogP contribution in [0.15, 0.2) is 48.5 Å². The highest BCUT2D eigenvalue weighted by atomic mass is 16.6. The summed E-state index contributed by atoms with van der Waals surface area (Å²) in [5.41, 5.74) is 3.84. The van der Waals surface area contributed by atoms with E-state index in [1.165, 1.54) is 7.11 Å². The SMILES string of the molecule is COC(=O)[C@H](CCCCNC(=O)OC(C)(C)C)NC(=O)[C@@H](CC(C)C)NC(=O)OCC1c2ccccc2-c2ccccc21. The van der Waals surface area contributed by atoms with E-state index in [9.17, 15) is 19.2 Å². The number of nitrogens with one attached hydrogen (secondary N) is 3. The first kappa shape index (κ1) is 33.4. The van der Waals surface area contributed by atoms with Crippen molar-refractivity contribution in [2.24, 2.45) is 5.92 Å². The predicted octanol–water partition coefficient (Wildman–Crippen LogP) is 5.29. The second-order valence-electron chi connectivity index (χ2n) is 12.2. The molecule has 0 fully saturated rings. The normalized spacial score (nSPS) is 13.7. The molecular weight excluding hydrogens is 550 g/mol. The average Bonchev–Trinajstić information content (AvgIpc) is 3.26. The number of rotatable bonds is 13. The number of carbonyl (C=O) groups excluding carboxylic acids is 4. The molecule has 0 heterocycles. The Labute approximate surface area is 254 Å². The molecule has 0 unspecified atom stereocenters. The molecule has 0 saturated carbocycles. The largest absolute Gasteiger partial charge is 0.467 e. The van der Waals surface area contributed by atoms with Crippen LogP contribution in [0.5, 0.6) is 0 Å². The van der Waals surface area contributed by atoms with Gasteiger partial charge in [0, 0.05) is 12.5 Å². The van der Waals surface area contributed by atoms with Crippen LogP contribution < -0.4 is 16.0 Å². The maximum atomic E-state index is 13.3. The molecule has 10 heteroatoms. The van der Waals surface area contributed by atoms with Crippen molar-refractivity contribution in [3.05, 3.63) is 59.7 Å². The molecule has 3 N–H and O–H groups in total. The van der Waals surface area contributed by atoms with Crippen LogP contribution in [0.3, 0.4) is 0 Å². The number of unbranched alkanes of at least 4 members (excludes halogenated alkanes) is 1. The van der Waals surface area contributed by atoms with Gasteiger partial charge in [-0.3, -0.25) is 4.79 Å². The molecule has 2 aromatic rings. The Morgan fingerprint density at radius 1 is 0.837 bits per heavy atom. The minimum absolute atomic E-state index is 0.0835. The summed E-state index contributed by atoms with van der Waals surface area (Å²) >= 11 is 0. The number of methoxy groups -OCH3 is 1. The van der Waals surface area contributed by atoms with Gasteiger partial charge in [-0.1, -0.05) is 62.4 Å². The number of hydrogen-bond acceptors (Lipinski definition) is 7. The van der Waals surface area contributed by atoms with Crippen molar-refractivity contribution in [2.45, 2.75) is 83.9 Å². The van der Waals surface area contributed by atoms with Gasteiger partial charge in [-0.25, -0.2) is 14.4 Å². The molecule has 0 bridgehead atoms. The molecule has 1 aliphatic rings. The highest BCUT2D eigenvalue weighted by Crippen LogP contribution is 2.44. The molecule has 3 rings (SSSR count). The summed E-state index contributed by atoms with van der Waals surface area (Å²) in [7, 11) is 1.26. The quantitative estimate of drug-likeness (QED) is 0.163. The molecule has 0 saturated heterocycles. The van der Waals surface area contributed by atoms with Gasteiger partial charge in [-0.15, -0.1) is 0 Å². The smallest absolute Gasteiger partial charge is 0.407 e. The minimum Gasteiger partial charge on any atom is -0.467 e. The monoisotopic (exact) mass is 595 g/mol. The standard InChI is InChI=1S/C33H45N3O7/c1-21(2)19-28(29(37)35-27(30(38)41-6)17-11-12-18-34-31(39)43-33(3,4)5)36-32(40)42-20-26-24-15-9-7-13-22(24)23-14-8-10-16-25(23)26/h7-10,13-16,21,26-28H,11-12,17-20H2,1-6H3,(H,34,39)(H,35,37)(H,36,40)/t27-,28+/m0/s1. The Morgan fingerprint density at radius 2 is 1.44 bits per heavy atom. The number of amides is 3. The Morgan fingerprint density at radius 3 is 2.00 bits per heavy atom. The van der Waals surface area contributed by atoms with Gasteiger partial charge in [0.1, 0.15) is 24.3 Å². The minimum atomic E-state index is -0.906. The summed E-state index contributed by atoms with van der Waals surface area (Å²) in [6, 6.07) is 14.3. The molecule has 10 nitrogen and oxygen atoms in total. The summed E-state index contributed by atoms with van der Waals surface area (Å²) in [5, 5.41) is 8.12. The zero-order chi connectivity index (χ0) is 31.6. The molecule has 0 aliphatic heterocycles. The number of fused-ring (bicyclic) bond motifs is 3. The molecule has 2 aromatic carbocycles. The molecule has 2 atom stereocenters. The van der Waals surface area contributed by atoms with E-state index in [1.54, 1.807) is 20.8 Å². The molecular formula is C33H45N3O7. The van der Waals surface area contributed by atoms with E-state index in [-0.39, 0.29) is 18.4 Å². The first-order chi connectivity index (χ1) is 20.4. The van der Waals surface area contributed by atoms with E-state index in [0.717, 1.165) is 22.3 Å². The van der Waals surface area contributed by atoms with Crippen molar-refractivity contribution < 1.29 is 33.4 Å². The number of carbonyl (C=O) groups is 4. The van der Waals surface area contributed by atoms with Gasteiger partial charge in [0.25, 0.3) is 0 Å². The fraction of sp³-hybridized carbons (Fsp3) is 0.515. The van der Waals surface area contributed by atoms with Crippen LogP contribution in [0, 0.1) is 5.92 Å². The highest BCUT2D eigenvalue weighted by molar-refractivity contribution is 5.89. The first-order valence-electron chi connectivity index (χ1n) is 14.9. The number of ether oxygens (including phenoxy) is 3. The van der Waals surface area contributed by atoms with Gasteiger partial charge in [-0.05, 0) is 74.6 Å². The van der Waals surface area contributed by atoms with E-state index in [2.05, 4.69) is 28.1 Å². The fourth-order valence-corrected chi connectivity index (χ4v) is 5.13. The zero-order valence-corrected chi connectivity index (χ0v) is 26.0. The van der Waals surface area contributed by atoms with E-state index < -0.39 is 41.7 Å². The Kier molecular flexibility index (Phi) is 12.0. The molecule has 0 radical (unpaired) electrons. The van der Waals surface area contributed by atoms with E-state index in [0.29, 0.717) is 32.2 Å². The third kappa shape index (κ3) is 10.0. The maximum Gasteiger partial charge on any atom is 0.407 e. The van der Waals surface area contributed by atoms with Crippen LogP contribution in [-0.2, 0) is 23.8 Å². The second-order valence-corrected chi connectivity index (χ2v) is 12.2. The van der Waals surface area contributed by atoms with Crippen LogP contribution in [0.25, 0.3) is 11.1 Å². The van der Waals surface area contributed by atoms with Gasteiger partial charge in [-0.2, -0.15) is 0 Å². The third-order valence-corrected chi connectivity index (χ3v) is 7.05. The van der Waals surface area contributed by atoms with Crippen molar-refractivity contribution in [1.29, 1.82) is 0 Å². The maximum absolute atomic E-state index is 13.3. The van der Waals surface area contributed by atoms with E-state index >= 15 is 0 Å². The van der Waals surface area contributed by atoms with Gasteiger partial charge in [0.05, 0.1) is 7.11 Å². The van der Waals surface area contributed by atoms with Gasteiger partial charge < -0.3 is 30.2 Å². The van der Waals surface area contributed by atoms with Crippen LogP contribution in [-0.4, -0.2) is 62.0 Å². The van der Waals surface area contributed by atoms with Crippen molar-refractivity contribution in [2.75, 3.05) is 20.3 Å². The summed E-state index contributed by atoms with van der Waals surface area (Å²) in [4.78, 5) is 50.5. The van der Waals surface area contributed by atoms with Crippen LogP contribution in [0.2, 0.25) is 0 Å². The summed E-state index contributed by atoms with van der Waals surface area (Å²) < 4.78 is 15.8. The number of esters is 1. The first-order valence-corrected chi connectivity index (χ1v) is 14.9. The number of alkyl carbamates (subject to hydrolysis) is 2. The van der Waals surface area contributed by atoms with E-state index in [1.807, 2.05) is 50.2 Å². The van der Waals surface area contributed by atoms with Gasteiger partial charge >= 0.3 is 18.2 Å². The lowest BCUT2D eigenvalue weighted by Crippen LogP contribution is -2.52. The van der Waals surface area contributed by atoms with Crippen molar-refractivity contribution in [3.8, 4) is 11.1 Å². The Balaban J connectivity index is 1.55. The molecule has 234 valence electrons. The Bertz CT molecular complexity index is 1230. The molecule has 0 aromatic heterocycles.